The van der Waals surface area contributed by atoms with E-state index in [1.807, 2.05) is 0 Å². The molecule has 1 atom stereocenters. The summed E-state index contributed by atoms with van der Waals surface area (Å²) < 4.78 is 39.8. The quantitative estimate of drug-likeness (QED) is 0.401. The minimum absolute atomic E-state index is 0.143. The molecule has 11 heteroatoms. The number of hydrogen-bond donors (Lipinski definition) is 2. The minimum atomic E-state index is -3.80. The summed E-state index contributed by atoms with van der Waals surface area (Å²) in [4.78, 5) is 50.1. The van der Waals surface area contributed by atoms with Crippen LogP contribution in [0.4, 0.5) is 8.78 Å². The number of alkyl halides is 2. The molecule has 0 aromatic heterocycles. The van der Waals surface area contributed by atoms with Crippen molar-refractivity contribution in [2.24, 2.45) is 0 Å². The zero-order valence-corrected chi connectivity index (χ0v) is 19.5. The summed E-state index contributed by atoms with van der Waals surface area (Å²) in [5.74, 6) is -6.31. The summed E-state index contributed by atoms with van der Waals surface area (Å²) in [5, 5.41) is 4.49. The fourth-order valence-corrected chi connectivity index (χ4v) is 4.19. The van der Waals surface area contributed by atoms with Gasteiger partial charge in [0.1, 0.15) is 18.4 Å². The number of hydrogen-bond acceptors (Lipinski definition) is 6. The lowest BCUT2D eigenvalue weighted by Crippen LogP contribution is -2.52. The van der Waals surface area contributed by atoms with Crippen LogP contribution < -0.4 is 15.4 Å². The van der Waals surface area contributed by atoms with Crippen LogP contribution in [0.3, 0.4) is 0 Å². The largest absolute Gasteiger partial charge is 0.491 e. The molecular weight excluding hydrogens is 476 g/mol. The number of methoxy groups -OCH3 is 1. The first kappa shape index (κ1) is 25.2. The van der Waals surface area contributed by atoms with Crippen molar-refractivity contribution in [2.45, 2.75) is 37.9 Å². The standard InChI is InChI=1S/C25H25F2N3O6/c1-35-9-10-36-18-4-2-3-17(12-18)25(26,27)24(34)28-13-15-5-6-19-16(11-15)14-30(23(19)33)20-7-8-21(31)29-22(20)32/h2-6,11-12,20H,7-10,13-14H2,1H3,(H,28,34)(H,29,31,32). The Bertz CT molecular complexity index is 1200. The van der Waals surface area contributed by atoms with Crippen LogP contribution in [0.25, 0.3) is 0 Å². The van der Waals surface area contributed by atoms with E-state index >= 15 is 0 Å². The third-order valence-corrected chi connectivity index (χ3v) is 6.08. The van der Waals surface area contributed by atoms with Gasteiger partial charge in [-0.15, -0.1) is 0 Å². The van der Waals surface area contributed by atoms with E-state index in [4.69, 9.17) is 9.47 Å². The predicted octanol–water partition coefficient (Wildman–Crippen LogP) is 1.88. The SMILES string of the molecule is COCCOc1cccc(C(F)(F)C(=O)NCc2ccc3c(c2)CN(C2CCC(=O)NC2=O)C3=O)c1. The molecule has 2 heterocycles. The van der Waals surface area contributed by atoms with Gasteiger partial charge in [0.05, 0.1) is 6.61 Å². The zero-order valence-electron chi connectivity index (χ0n) is 19.5. The first-order chi connectivity index (χ1) is 17.2. The highest BCUT2D eigenvalue weighted by molar-refractivity contribution is 6.05. The van der Waals surface area contributed by atoms with Crippen LogP contribution in [-0.2, 0) is 38.1 Å². The molecule has 4 amide bonds. The maximum atomic E-state index is 14.8. The normalized spacial score (nSPS) is 17.6. The second-order valence-corrected chi connectivity index (χ2v) is 8.52. The van der Waals surface area contributed by atoms with Crippen molar-refractivity contribution in [2.75, 3.05) is 20.3 Å². The summed E-state index contributed by atoms with van der Waals surface area (Å²) in [5.41, 5.74) is 1.02. The maximum absolute atomic E-state index is 14.8. The molecule has 1 saturated heterocycles. The topological polar surface area (TPSA) is 114 Å². The number of carbonyl (C=O) groups excluding carboxylic acids is 4. The number of carbonyl (C=O) groups is 4. The monoisotopic (exact) mass is 501 g/mol. The predicted molar refractivity (Wildman–Crippen MR) is 122 cm³/mol. The Morgan fingerprint density at radius 2 is 1.97 bits per heavy atom. The van der Waals surface area contributed by atoms with Gasteiger partial charge in [-0.3, -0.25) is 24.5 Å². The van der Waals surface area contributed by atoms with Crippen LogP contribution in [0.2, 0.25) is 0 Å². The van der Waals surface area contributed by atoms with Gasteiger partial charge in [0, 0.05) is 37.7 Å². The fraction of sp³-hybridized carbons (Fsp3) is 0.360. The molecule has 0 radical (unpaired) electrons. The Kier molecular flexibility index (Phi) is 7.30. The fourth-order valence-electron chi connectivity index (χ4n) is 4.19. The van der Waals surface area contributed by atoms with Crippen LogP contribution in [-0.4, -0.2) is 54.9 Å². The lowest BCUT2D eigenvalue weighted by atomic mass is 10.0. The summed E-state index contributed by atoms with van der Waals surface area (Å²) in [7, 11) is 1.49. The summed E-state index contributed by atoms with van der Waals surface area (Å²) >= 11 is 0. The van der Waals surface area contributed by atoms with Crippen molar-refractivity contribution in [1.29, 1.82) is 0 Å². The minimum Gasteiger partial charge on any atom is -0.491 e. The van der Waals surface area contributed by atoms with Crippen LogP contribution in [0.5, 0.6) is 5.75 Å². The lowest BCUT2D eigenvalue weighted by Gasteiger charge is -2.29. The van der Waals surface area contributed by atoms with E-state index in [-0.39, 0.29) is 50.1 Å². The molecule has 2 aliphatic heterocycles. The molecule has 0 aliphatic carbocycles. The number of piperidine rings is 1. The molecule has 36 heavy (non-hydrogen) atoms. The van der Waals surface area contributed by atoms with E-state index < -0.39 is 29.3 Å². The Hall–Kier alpha value is -3.86. The van der Waals surface area contributed by atoms with Gasteiger partial charge in [-0.05, 0) is 35.7 Å². The van der Waals surface area contributed by atoms with E-state index in [2.05, 4.69) is 10.6 Å². The van der Waals surface area contributed by atoms with Gasteiger partial charge in [0.15, 0.2) is 0 Å². The van der Waals surface area contributed by atoms with Crippen LogP contribution in [0.1, 0.15) is 39.9 Å². The van der Waals surface area contributed by atoms with E-state index in [9.17, 15) is 28.0 Å². The average molecular weight is 501 g/mol. The molecule has 190 valence electrons. The van der Waals surface area contributed by atoms with Crippen LogP contribution >= 0.6 is 0 Å². The van der Waals surface area contributed by atoms with Crippen molar-refractivity contribution in [1.82, 2.24) is 15.5 Å². The van der Waals surface area contributed by atoms with Gasteiger partial charge >= 0.3 is 5.92 Å². The summed E-state index contributed by atoms with van der Waals surface area (Å²) in [6, 6.07) is 9.15. The van der Waals surface area contributed by atoms with Crippen LogP contribution in [0, 0.1) is 0 Å². The van der Waals surface area contributed by atoms with Gasteiger partial charge in [0.2, 0.25) is 11.8 Å². The number of imide groups is 1. The van der Waals surface area contributed by atoms with Crippen molar-refractivity contribution in [3.63, 3.8) is 0 Å². The molecule has 1 fully saturated rings. The number of nitrogens with one attached hydrogen (secondary N) is 2. The molecule has 9 nitrogen and oxygen atoms in total. The summed E-state index contributed by atoms with van der Waals surface area (Å²) in [6.07, 6.45) is 0.380. The van der Waals surface area contributed by atoms with E-state index in [0.717, 1.165) is 12.1 Å². The van der Waals surface area contributed by atoms with Crippen LogP contribution in [0.15, 0.2) is 42.5 Å². The number of ether oxygens (including phenoxy) is 2. The number of fused-ring (bicyclic) bond motifs is 1. The first-order valence-electron chi connectivity index (χ1n) is 11.4. The molecule has 0 spiro atoms. The molecule has 2 aromatic carbocycles. The van der Waals surface area contributed by atoms with Gasteiger partial charge in [-0.25, -0.2) is 0 Å². The number of amides is 4. The zero-order chi connectivity index (χ0) is 25.9. The molecule has 2 aromatic rings. The van der Waals surface area contributed by atoms with Crippen molar-refractivity contribution >= 4 is 23.6 Å². The number of halogens is 2. The molecule has 4 rings (SSSR count). The smallest absolute Gasteiger partial charge is 0.349 e. The highest BCUT2D eigenvalue weighted by atomic mass is 19.3. The molecule has 2 N–H and O–H groups in total. The Balaban J connectivity index is 1.39. The molecule has 1 unspecified atom stereocenters. The second kappa shape index (κ2) is 10.4. The Morgan fingerprint density at radius 1 is 1.17 bits per heavy atom. The molecule has 2 aliphatic rings. The van der Waals surface area contributed by atoms with Gasteiger partial charge in [-0.2, -0.15) is 8.78 Å². The molecular formula is C25H25F2N3O6. The van der Waals surface area contributed by atoms with Crippen molar-refractivity contribution in [3.8, 4) is 5.75 Å². The number of rotatable bonds is 9. The van der Waals surface area contributed by atoms with Gasteiger partial charge in [0.25, 0.3) is 11.8 Å². The lowest BCUT2D eigenvalue weighted by molar-refractivity contribution is -0.147. The van der Waals surface area contributed by atoms with E-state index in [1.165, 1.54) is 24.1 Å². The highest BCUT2D eigenvalue weighted by Gasteiger charge is 2.41. The maximum Gasteiger partial charge on any atom is 0.349 e. The van der Waals surface area contributed by atoms with Gasteiger partial charge < -0.3 is 19.7 Å². The third kappa shape index (κ3) is 5.20. The third-order valence-electron chi connectivity index (χ3n) is 6.08. The number of nitrogens with zero attached hydrogens (tertiary/aromatic N) is 1. The summed E-state index contributed by atoms with van der Waals surface area (Å²) in [6.45, 7) is 0.435. The van der Waals surface area contributed by atoms with E-state index in [0.29, 0.717) is 23.3 Å². The Morgan fingerprint density at radius 3 is 2.72 bits per heavy atom. The van der Waals surface area contributed by atoms with Crippen molar-refractivity contribution < 1.29 is 37.4 Å². The first-order valence-corrected chi connectivity index (χ1v) is 11.4. The average Bonchev–Trinajstić information content (AvgIpc) is 3.18. The highest BCUT2D eigenvalue weighted by Crippen LogP contribution is 2.31. The van der Waals surface area contributed by atoms with Gasteiger partial charge in [-0.1, -0.05) is 24.3 Å². The van der Waals surface area contributed by atoms with E-state index in [1.54, 1.807) is 18.2 Å². The molecule has 0 bridgehead atoms. The number of benzene rings is 2. The second-order valence-electron chi connectivity index (χ2n) is 8.52. The molecule has 0 saturated carbocycles. The van der Waals surface area contributed by atoms with Crippen molar-refractivity contribution in [3.05, 3.63) is 64.7 Å². The Labute approximate surface area is 205 Å².